The molecule has 0 saturated carbocycles. The molecule has 1 N–H and O–H groups in total. The highest BCUT2D eigenvalue weighted by molar-refractivity contribution is 6.02. The Labute approximate surface area is 104 Å². The molecule has 3 amide bonds. The molecule has 1 aliphatic heterocycles. The van der Waals surface area contributed by atoms with E-state index in [9.17, 15) is 14.4 Å². The van der Waals surface area contributed by atoms with Crippen LogP contribution in [0, 0.1) is 0 Å². The van der Waals surface area contributed by atoms with E-state index in [1.54, 1.807) is 0 Å². The number of rotatable bonds is 4. The van der Waals surface area contributed by atoms with Crippen molar-refractivity contribution in [3.63, 3.8) is 0 Å². The van der Waals surface area contributed by atoms with Crippen LogP contribution in [0.15, 0.2) is 30.3 Å². The third-order valence-electron chi connectivity index (χ3n) is 2.43. The maximum absolute atomic E-state index is 11.5. The summed E-state index contributed by atoms with van der Waals surface area (Å²) in [5.74, 6) is -0.945. The van der Waals surface area contributed by atoms with Crippen LogP contribution in [-0.4, -0.2) is 35.9 Å². The van der Waals surface area contributed by atoms with E-state index in [0.717, 1.165) is 10.5 Å². The molecule has 1 saturated heterocycles. The molecule has 1 aromatic carbocycles. The van der Waals surface area contributed by atoms with Crippen molar-refractivity contribution in [1.29, 1.82) is 0 Å². The molecule has 1 aromatic rings. The number of amides is 3. The molecule has 6 heteroatoms. The van der Waals surface area contributed by atoms with Gasteiger partial charge in [-0.2, -0.15) is 0 Å². The summed E-state index contributed by atoms with van der Waals surface area (Å²) in [6, 6.07) is 8.66. The topological polar surface area (TPSA) is 75.7 Å². The lowest BCUT2D eigenvalue weighted by Gasteiger charge is -2.12. The van der Waals surface area contributed by atoms with Gasteiger partial charge in [0.05, 0.1) is 0 Å². The first-order chi connectivity index (χ1) is 8.65. The summed E-state index contributed by atoms with van der Waals surface area (Å²) in [4.78, 5) is 34.7. The smallest absolute Gasteiger partial charge is 0.326 e. The van der Waals surface area contributed by atoms with Gasteiger partial charge in [-0.1, -0.05) is 30.3 Å². The third-order valence-corrected chi connectivity index (χ3v) is 2.43. The predicted octanol–water partition coefficient (Wildman–Crippen LogP) is 0.282. The average Bonchev–Trinajstić information content (AvgIpc) is 2.67. The van der Waals surface area contributed by atoms with Crippen molar-refractivity contribution in [2.24, 2.45) is 0 Å². The van der Waals surface area contributed by atoms with Crippen LogP contribution >= 0.6 is 0 Å². The van der Waals surface area contributed by atoms with Gasteiger partial charge in [0, 0.05) is 0 Å². The van der Waals surface area contributed by atoms with E-state index in [0.29, 0.717) is 0 Å². The minimum Gasteiger partial charge on any atom is -0.459 e. The highest BCUT2D eigenvalue weighted by Gasteiger charge is 2.28. The van der Waals surface area contributed by atoms with Gasteiger partial charge >= 0.3 is 12.0 Å². The molecule has 6 nitrogen and oxygen atoms in total. The van der Waals surface area contributed by atoms with Gasteiger partial charge in [0.1, 0.15) is 19.7 Å². The Hall–Kier alpha value is -2.37. The minimum atomic E-state index is -0.559. The Morgan fingerprint density at radius 1 is 1.28 bits per heavy atom. The second-order valence-electron chi connectivity index (χ2n) is 3.86. The number of carbonyl (C=O) groups excluding carboxylic acids is 3. The number of esters is 1. The summed E-state index contributed by atoms with van der Waals surface area (Å²) in [6.07, 6.45) is 0. The van der Waals surface area contributed by atoms with E-state index in [2.05, 4.69) is 5.32 Å². The van der Waals surface area contributed by atoms with Gasteiger partial charge in [0.25, 0.3) is 0 Å². The van der Waals surface area contributed by atoms with Gasteiger partial charge in [-0.05, 0) is 5.56 Å². The number of nitrogens with zero attached hydrogens (tertiary/aromatic N) is 1. The zero-order valence-electron chi connectivity index (χ0n) is 9.59. The Kier molecular flexibility index (Phi) is 3.57. The monoisotopic (exact) mass is 248 g/mol. The summed E-state index contributed by atoms with van der Waals surface area (Å²) in [5.41, 5.74) is 0.868. The summed E-state index contributed by atoms with van der Waals surface area (Å²) in [7, 11) is 0. The van der Waals surface area contributed by atoms with Crippen molar-refractivity contribution >= 4 is 17.9 Å². The van der Waals surface area contributed by atoms with Crippen molar-refractivity contribution in [2.75, 3.05) is 13.1 Å². The normalized spacial score (nSPS) is 14.6. The largest absolute Gasteiger partial charge is 0.459 e. The van der Waals surface area contributed by atoms with Gasteiger partial charge in [-0.15, -0.1) is 0 Å². The van der Waals surface area contributed by atoms with Crippen molar-refractivity contribution in [3.05, 3.63) is 35.9 Å². The molecule has 18 heavy (non-hydrogen) atoms. The quantitative estimate of drug-likeness (QED) is 0.613. The van der Waals surface area contributed by atoms with Crippen LogP contribution < -0.4 is 5.32 Å². The number of urea groups is 1. The van der Waals surface area contributed by atoms with Crippen LogP contribution in [0.4, 0.5) is 4.79 Å². The number of hydrogen-bond donors (Lipinski definition) is 1. The predicted molar refractivity (Wildman–Crippen MR) is 61.3 cm³/mol. The summed E-state index contributed by atoms with van der Waals surface area (Å²) in [5, 5.41) is 2.09. The summed E-state index contributed by atoms with van der Waals surface area (Å²) < 4.78 is 5.00. The van der Waals surface area contributed by atoms with Crippen molar-refractivity contribution in [3.8, 4) is 0 Å². The van der Waals surface area contributed by atoms with Gasteiger partial charge in [-0.3, -0.25) is 14.9 Å². The molecular weight excluding hydrogens is 236 g/mol. The molecule has 1 heterocycles. The average molecular weight is 248 g/mol. The van der Waals surface area contributed by atoms with Gasteiger partial charge in [0.2, 0.25) is 5.91 Å². The Balaban J connectivity index is 1.79. The highest BCUT2D eigenvalue weighted by Crippen LogP contribution is 2.03. The molecule has 2 rings (SSSR count). The van der Waals surface area contributed by atoms with Crippen LogP contribution in [0.2, 0.25) is 0 Å². The minimum absolute atomic E-state index is 0.0979. The lowest BCUT2D eigenvalue weighted by atomic mass is 10.2. The Morgan fingerprint density at radius 2 is 2.00 bits per heavy atom. The second kappa shape index (κ2) is 5.31. The molecule has 0 aromatic heterocycles. The fourth-order valence-corrected chi connectivity index (χ4v) is 1.55. The van der Waals surface area contributed by atoms with Crippen molar-refractivity contribution < 1.29 is 19.1 Å². The standard InChI is InChI=1S/C12H12N2O4/c15-10-6-14(12(17)13-10)7-11(16)18-8-9-4-2-1-3-5-9/h1-5H,6-8H2,(H,13,15,17). The van der Waals surface area contributed by atoms with Gasteiger partial charge in [-0.25, -0.2) is 4.79 Å². The number of imide groups is 1. The first kappa shape index (κ1) is 12.1. The fraction of sp³-hybridized carbons (Fsp3) is 0.250. The lowest BCUT2D eigenvalue weighted by molar-refractivity contribution is -0.145. The third kappa shape index (κ3) is 3.07. The van der Waals surface area contributed by atoms with E-state index in [1.807, 2.05) is 30.3 Å². The molecule has 0 bridgehead atoms. The Morgan fingerprint density at radius 3 is 2.61 bits per heavy atom. The first-order valence-corrected chi connectivity index (χ1v) is 5.43. The van der Waals surface area contributed by atoms with Crippen LogP contribution in [-0.2, 0) is 20.9 Å². The molecule has 1 aliphatic rings. The maximum atomic E-state index is 11.5. The van der Waals surface area contributed by atoms with Crippen LogP contribution in [0.5, 0.6) is 0 Å². The zero-order valence-corrected chi connectivity index (χ0v) is 9.59. The number of nitrogens with one attached hydrogen (secondary N) is 1. The Bertz CT molecular complexity index is 472. The number of ether oxygens (including phenoxy) is 1. The fourth-order valence-electron chi connectivity index (χ4n) is 1.55. The van der Waals surface area contributed by atoms with E-state index in [1.165, 1.54) is 0 Å². The van der Waals surface area contributed by atoms with Crippen molar-refractivity contribution in [2.45, 2.75) is 6.61 Å². The van der Waals surface area contributed by atoms with Gasteiger partial charge < -0.3 is 9.64 Å². The second-order valence-corrected chi connectivity index (χ2v) is 3.86. The summed E-state index contributed by atoms with van der Waals surface area (Å²) in [6.45, 7) is -0.160. The SMILES string of the molecule is O=C1CN(CC(=O)OCc2ccccc2)C(=O)N1. The van der Waals surface area contributed by atoms with Crippen molar-refractivity contribution in [1.82, 2.24) is 10.2 Å². The molecule has 1 fully saturated rings. The molecule has 0 unspecified atom stereocenters. The highest BCUT2D eigenvalue weighted by atomic mass is 16.5. The van der Waals surface area contributed by atoms with Crippen LogP contribution in [0.25, 0.3) is 0 Å². The summed E-state index contributed by atoms with van der Waals surface area (Å²) >= 11 is 0. The number of carbonyl (C=O) groups is 3. The number of hydrogen-bond acceptors (Lipinski definition) is 4. The van der Waals surface area contributed by atoms with E-state index < -0.39 is 17.9 Å². The number of benzene rings is 1. The molecule has 94 valence electrons. The van der Waals surface area contributed by atoms with Crippen LogP contribution in [0.1, 0.15) is 5.56 Å². The molecule has 0 atom stereocenters. The van der Waals surface area contributed by atoms with Crippen LogP contribution in [0.3, 0.4) is 0 Å². The first-order valence-electron chi connectivity index (χ1n) is 5.43. The maximum Gasteiger partial charge on any atom is 0.326 e. The lowest BCUT2D eigenvalue weighted by Crippen LogP contribution is -2.33. The molecular formula is C12H12N2O4. The van der Waals surface area contributed by atoms with E-state index in [4.69, 9.17) is 4.74 Å². The molecule has 0 aliphatic carbocycles. The molecule has 0 spiro atoms. The molecule has 0 radical (unpaired) electrons. The zero-order chi connectivity index (χ0) is 13.0. The van der Waals surface area contributed by atoms with E-state index in [-0.39, 0.29) is 19.7 Å². The van der Waals surface area contributed by atoms with E-state index >= 15 is 0 Å². The van der Waals surface area contributed by atoms with Gasteiger partial charge in [0.15, 0.2) is 0 Å².